The van der Waals surface area contributed by atoms with E-state index in [2.05, 4.69) is 0 Å². The molecule has 0 fully saturated rings. The van der Waals surface area contributed by atoms with Crippen LogP contribution < -0.4 is 4.74 Å². The minimum atomic E-state index is -0.434. The molecule has 1 aromatic rings. The Bertz CT molecular complexity index is 269. The second kappa shape index (κ2) is 4.98. The summed E-state index contributed by atoms with van der Waals surface area (Å²) in [4.78, 5) is 1.95. The van der Waals surface area contributed by atoms with Crippen molar-refractivity contribution in [3.05, 3.63) is 29.8 Å². The van der Waals surface area contributed by atoms with E-state index < -0.39 is 6.10 Å². The summed E-state index contributed by atoms with van der Waals surface area (Å²) >= 11 is 0. The number of rotatable bonds is 4. The van der Waals surface area contributed by atoms with Gasteiger partial charge >= 0.3 is 0 Å². The van der Waals surface area contributed by atoms with Gasteiger partial charge in [0, 0.05) is 6.54 Å². The van der Waals surface area contributed by atoms with Gasteiger partial charge in [-0.25, -0.2) is 0 Å². The molecule has 1 N–H and O–H groups in total. The molecule has 0 amide bonds. The van der Waals surface area contributed by atoms with E-state index in [4.69, 9.17) is 4.74 Å². The van der Waals surface area contributed by atoms with E-state index >= 15 is 0 Å². The van der Waals surface area contributed by atoms with Gasteiger partial charge < -0.3 is 14.7 Å². The summed E-state index contributed by atoms with van der Waals surface area (Å²) in [5.74, 6) is 0.811. The lowest BCUT2D eigenvalue weighted by atomic mass is 10.1. The molecule has 0 saturated heterocycles. The Labute approximate surface area is 84.9 Å². The molecule has 1 aromatic carbocycles. The highest BCUT2D eigenvalue weighted by Gasteiger charge is 2.07. The number of benzene rings is 1. The molecule has 0 aliphatic heterocycles. The molecule has 0 aliphatic carbocycles. The van der Waals surface area contributed by atoms with Gasteiger partial charge in [-0.1, -0.05) is 12.1 Å². The van der Waals surface area contributed by atoms with Crippen LogP contribution in [0.1, 0.15) is 11.7 Å². The summed E-state index contributed by atoms with van der Waals surface area (Å²) in [6, 6.07) is 7.47. The molecular weight excluding hydrogens is 178 g/mol. The van der Waals surface area contributed by atoms with Crippen LogP contribution in [-0.2, 0) is 0 Å². The molecule has 1 rings (SSSR count). The molecule has 78 valence electrons. The van der Waals surface area contributed by atoms with Gasteiger partial charge in [0.1, 0.15) is 5.75 Å². The predicted octanol–water partition coefficient (Wildman–Crippen LogP) is 1.29. The van der Waals surface area contributed by atoms with Crippen molar-refractivity contribution in [1.82, 2.24) is 4.90 Å². The fourth-order valence-corrected chi connectivity index (χ4v) is 1.28. The van der Waals surface area contributed by atoms with Gasteiger partial charge in [0.05, 0.1) is 13.2 Å². The lowest BCUT2D eigenvalue weighted by molar-refractivity contribution is 0.138. The maximum absolute atomic E-state index is 9.77. The molecule has 3 nitrogen and oxygen atoms in total. The average molecular weight is 195 g/mol. The van der Waals surface area contributed by atoms with Crippen molar-refractivity contribution in [3.63, 3.8) is 0 Å². The third-order valence-corrected chi connectivity index (χ3v) is 2.04. The molecule has 14 heavy (non-hydrogen) atoms. The SMILES string of the molecule is COc1ccc(C(O)CN(C)C)cc1. The second-order valence-electron chi connectivity index (χ2n) is 3.55. The zero-order chi connectivity index (χ0) is 10.6. The number of nitrogens with zero attached hydrogens (tertiary/aromatic N) is 1. The smallest absolute Gasteiger partial charge is 0.118 e. The van der Waals surface area contributed by atoms with Gasteiger partial charge in [0.2, 0.25) is 0 Å². The van der Waals surface area contributed by atoms with Crippen molar-refractivity contribution in [1.29, 1.82) is 0 Å². The number of ether oxygens (including phenoxy) is 1. The molecule has 0 saturated carbocycles. The fourth-order valence-electron chi connectivity index (χ4n) is 1.28. The maximum Gasteiger partial charge on any atom is 0.118 e. The van der Waals surface area contributed by atoms with E-state index in [1.54, 1.807) is 7.11 Å². The lowest BCUT2D eigenvalue weighted by Crippen LogP contribution is -2.19. The van der Waals surface area contributed by atoms with E-state index in [0.29, 0.717) is 6.54 Å². The number of aliphatic hydroxyl groups is 1. The molecule has 1 unspecified atom stereocenters. The predicted molar refractivity (Wildman–Crippen MR) is 56.5 cm³/mol. The molecule has 0 heterocycles. The number of aliphatic hydroxyl groups excluding tert-OH is 1. The van der Waals surface area contributed by atoms with Crippen LogP contribution in [0.5, 0.6) is 5.75 Å². The van der Waals surface area contributed by atoms with Crippen molar-refractivity contribution in [3.8, 4) is 5.75 Å². The van der Waals surface area contributed by atoms with Crippen molar-refractivity contribution >= 4 is 0 Å². The van der Waals surface area contributed by atoms with E-state index in [1.807, 2.05) is 43.3 Å². The van der Waals surface area contributed by atoms with Crippen LogP contribution in [-0.4, -0.2) is 37.8 Å². The Hall–Kier alpha value is -1.06. The van der Waals surface area contributed by atoms with Crippen LogP contribution in [0, 0.1) is 0 Å². The third-order valence-electron chi connectivity index (χ3n) is 2.04. The Kier molecular flexibility index (Phi) is 3.92. The normalized spacial score (nSPS) is 12.9. The van der Waals surface area contributed by atoms with E-state index in [0.717, 1.165) is 11.3 Å². The molecule has 0 bridgehead atoms. The Morgan fingerprint density at radius 3 is 2.29 bits per heavy atom. The van der Waals surface area contributed by atoms with Crippen molar-refractivity contribution in [2.75, 3.05) is 27.7 Å². The summed E-state index contributed by atoms with van der Waals surface area (Å²) in [6.45, 7) is 0.631. The zero-order valence-electron chi connectivity index (χ0n) is 8.90. The minimum Gasteiger partial charge on any atom is -0.497 e. The van der Waals surface area contributed by atoms with Gasteiger partial charge in [-0.2, -0.15) is 0 Å². The molecule has 0 radical (unpaired) electrons. The molecule has 0 aliphatic rings. The van der Waals surface area contributed by atoms with Crippen molar-refractivity contribution in [2.45, 2.75) is 6.10 Å². The minimum absolute atomic E-state index is 0.434. The van der Waals surface area contributed by atoms with Crippen LogP contribution in [0.2, 0.25) is 0 Å². The third kappa shape index (κ3) is 3.01. The van der Waals surface area contributed by atoms with Crippen LogP contribution in [0.4, 0.5) is 0 Å². The quantitative estimate of drug-likeness (QED) is 0.785. The molecule has 1 atom stereocenters. The first-order chi connectivity index (χ1) is 6.63. The zero-order valence-corrected chi connectivity index (χ0v) is 8.90. The van der Waals surface area contributed by atoms with Crippen molar-refractivity contribution in [2.24, 2.45) is 0 Å². The van der Waals surface area contributed by atoms with Crippen LogP contribution in [0.3, 0.4) is 0 Å². The van der Waals surface area contributed by atoms with E-state index in [9.17, 15) is 5.11 Å². The first-order valence-electron chi connectivity index (χ1n) is 4.60. The topological polar surface area (TPSA) is 32.7 Å². The Morgan fingerprint density at radius 1 is 1.29 bits per heavy atom. The highest BCUT2D eigenvalue weighted by Crippen LogP contribution is 2.17. The monoisotopic (exact) mass is 195 g/mol. The summed E-state index contributed by atoms with van der Waals surface area (Å²) in [5.41, 5.74) is 0.916. The van der Waals surface area contributed by atoms with Crippen LogP contribution in [0.15, 0.2) is 24.3 Å². The standard InChI is InChI=1S/C11H17NO2/c1-12(2)8-11(13)9-4-6-10(14-3)7-5-9/h4-7,11,13H,8H2,1-3H3. The molecule has 0 aromatic heterocycles. The maximum atomic E-state index is 9.77. The highest BCUT2D eigenvalue weighted by molar-refractivity contribution is 5.28. The van der Waals surface area contributed by atoms with Gasteiger partial charge in [0.15, 0.2) is 0 Å². The summed E-state index contributed by atoms with van der Waals surface area (Å²) in [7, 11) is 5.50. The molecule has 0 spiro atoms. The number of methoxy groups -OCH3 is 1. The second-order valence-corrected chi connectivity index (χ2v) is 3.55. The number of hydrogen-bond acceptors (Lipinski definition) is 3. The highest BCUT2D eigenvalue weighted by atomic mass is 16.5. The Morgan fingerprint density at radius 2 is 1.86 bits per heavy atom. The van der Waals surface area contributed by atoms with E-state index in [1.165, 1.54) is 0 Å². The largest absolute Gasteiger partial charge is 0.497 e. The average Bonchev–Trinajstić information content (AvgIpc) is 2.17. The molecule has 3 heteroatoms. The van der Waals surface area contributed by atoms with E-state index in [-0.39, 0.29) is 0 Å². The van der Waals surface area contributed by atoms with Gasteiger partial charge in [-0.15, -0.1) is 0 Å². The first-order valence-corrected chi connectivity index (χ1v) is 4.60. The number of hydrogen-bond donors (Lipinski definition) is 1. The Balaban J connectivity index is 2.66. The lowest BCUT2D eigenvalue weighted by Gasteiger charge is -2.16. The fraction of sp³-hybridized carbons (Fsp3) is 0.455. The summed E-state index contributed by atoms with van der Waals surface area (Å²) in [5, 5.41) is 9.77. The van der Waals surface area contributed by atoms with Gasteiger partial charge in [-0.3, -0.25) is 0 Å². The molecular formula is C11H17NO2. The van der Waals surface area contributed by atoms with Crippen LogP contribution in [0.25, 0.3) is 0 Å². The van der Waals surface area contributed by atoms with Gasteiger partial charge in [0.25, 0.3) is 0 Å². The summed E-state index contributed by atoms with van der Waals surface area (Å²) in [6.07, 6.45) is -0.434. The number of likely N-dealkylation sites (N-methyl/N-ethyl adjacent to an activating group) is 1. The van der Waals surface area contributed by atoms with Crippen molar-refractivity contribution < 1.29 is 9.84 Å². The van der Waals surface area contributed by atoms with Crippen LogP contribution >= 0.6 is 0 Å². The first kappa shape index (κ1) is 11.0. The van der Waals surface area contributed by atoms with Gasteiger partial charge in [-0.05, 0) is 31.8 Å². The summed E-state index contributed by atoms with van der Waals surface area (Å²) < 4.78 is 5.04.